The molecule has 5 nitrogen and oxygen atoms in total. The highest BCUT2D eigenvalue weighted by atomic mass is 16.1. The summed E-state index contributed by atoms with van der Waals surface area (Å²) in [5.74, 6) is 0.302. The van der Waals surface area contributed by atoms with Crippen LogP contribution >= 0.6 is 0 Å². The minimum atomic E-state index is -0.0331. The number of ketones is 1. The number of carbonyl (C=O) groups excluding carboxylic acids is 1. The van der Waals surface area contributed by atoms with Crippen LogP contribution in [0.2, 0.25) is 0 Å². The number of nitrogens with zero attached hydrogens (tertiary/aromatic N) is 1. The van der Waals surface area contributed by atoms with Crippen LogP contribution in [0.15, 0.2) is 4.99 Å². The summed E-state index contributed by atoms with van der Waals surface area (Å²) in [5, 5.41) is 2.97. The van der Waals surface area contributed by atoms with Gasteiger partial charge in [0.15, 0.2) is 5.96 Å². The molecule has 0 amide bonds. The molecule has 0 spiro atoms. The topological polar surface area (TPSA) is 93.5 Å². The third-order valence-electron chi connectivity index (χ3n) is 2.03. The summed E-state index contributed by atoms with van der Waals surface area (Å²) in [5.41, 5.74) is 10.3. The molecule has 0 aliphatic rings. The third-order valence-corrected chi connectivity index (χ3v) is 2.03. The quantitative estimate of drug-likeness (QED) is 0.296. The molecule has 0 fully saturated rings. The van der Waals surface area contributed by atoms with E-state index >= 15 is 0 Å². The van der Waals surface area contributed by atoms with Crippen molar-refractivity contribution in [1.29, 1.82) is 0 Å². The third kappa shape index (κ3) is 6.42. The zero-order chi connectivity index (χ0) is 11.0. The molecule has 0 heterocycles. The molecule has 0 rings (SSSR count). The van der Waals surface area contributed by atoms with Crippen molar-refractivity contribution >= 4 is 11.7 Å². The van der Waals surface area contributed by atoms with Gasteiger partial charge in [0.1, 0.15) is 5.78 Å². The Kier molecular flexibility index (Phi) is 6.74. The molecule has 82 valence electrons. The number of Topliss-reactive ketones (excluding diaryl/α,β-unsaturated/α-hetero) is 1. The van der Waals surface area contributed by atoms with Gasteiger partial charge in [-0.1, -0.05) is 0 Å². The fraction of sp³-hybridized carbons (Fsp3) is 0.778. The van der Waals surface area contributed by atoms with Gasteiger partial charge in [-0.05, 0) is 33.2 Å². The summed E-state index contributed by atoms with van der Waals surface area (Å²) in [7, 11) is 1.79. The van der Waals surface area contributed by atoms with E-state index in [2.05, 4.69) is 10.3 Å². The highest BCUT2D eigenvalue weighted by molar-refractivity contribution is 5.81. The number of hydrogen-bond donors (Lipinski definition) is 3. The molecule has 0 bridgehead atoms. The highest BCUT2D eigenvalue weighted by Gasteiger charge is 2.09. The summed E-state index contributed by atoms with van der Waals surface area (Å²) in [6.45, 7) is 2.23. The van der Waals surface area contributed by atoms with E-state index < -0.39 is 0 Å². The summed E-state index contributed by atoms with van der Waals surface area (Å²) < 4.78 is 0. The summed E-state index contributed by atoms with van der Waals surface area (Å²) in [4.78, 5) is 14.9. The Bertz CT molecular complexity index is 199. The Hall–Kier alpha value is -1.10. The van der Waals surface area contributed by atoms with E-state index in [0.29, 0.717) is 6.54 Å². The fourth-order valence-corrected chi connectivity index (χ4v) is 1.22. The SMILES string of the molecule is CNC(CCCCN=C(N)N)C(C)=O. The maximum Gasteiger partial charge on any atom is 0.185 e. The molecule has 0 aromatic rings. The first kappa shape index (κ1) is 12.9. The van der Waals surface area contributed by atoms with Gasteiger partial charge in [0.2, 0.25) is 0 Å². The molecular weight excluding hydrogens is 180 g/mol. The van der Waals surface area contributed by atoms with Crippen molar-refractivity contribution in [2.45, 2.75) is 32.2 Å². The first-order chi connectivity index (χ1) is 6.57. The predicted octanol–water partition coefficient (Wildman–Crippen LogP) is -0.393. The first-order valence-electron chi connectivity index (χ1n) is 4.81. The van der Waals surface area contributed by atoms with Gasteiger partial charge in [0.05, 0.1) is 6.04 Å². The van der Waals surface area contributed by atoms with E-state index in [0.717, 1.165) is 19.3 Å². The number of carbonyl (C=O) groups is 1. The van der Waals surface area contributed by atoms with E-state index in [9.17, 15) is 4.79 Å². The first-order valence-corrected chi connectivity index (χ1v) is 4.81. The van der Waals surface area contributed by atoms with Gasteiger partial charge in [-0.15, -0.1) is 0 Å². The number of aliphatic imine (C=N–C) groups is 1. The zero-order valence-corrected chi connectivity index (χ0v) is 8.92. The second-order valence-corrected chi connectivity index (χ2v) is 3.25. The summed E-state index contributed by atoms with van der Waals surface area (Å²) in [6.07, 6.45) is 2.69. The van der Waals surface area contributed by atoms with Crippen molar-refractivity contribution in [3.05, 3.63) is 0 Å². The minimum Gasteiger partial charge on any atom is -0.370 e. The molecule has 0 radical (unpaired) electrons. The van der Waals surface area contributed by atoms with Crippen LogP contribution in [0, 0.1) is 0 Å². The van der Waals surface area contributed by atoms with Gasteiger partial charge < -0.3 is 16.8 Å². The molecule has 0 aliphatic heterocycles. The molecule has 0 aromatic heterocycles. The molecule has 0 aromatic carbocycles. The fourth-order valence-electron chi connectivity index (χ4n) is 1.22. The van der Waals surface area contributed by atoms with Gasteiger partial charge >= 0.3 is 0 Å². The highest BCUT2D eigenvalue weighted by Crippen LogP contribution is 2.01. The van der Waals surface area contributed by atoms with E-state index in [1.807, 2.05) is 0 Å². The number of hydrogen-bond acceptors (Lipinski definition) is 3. The van der Waals surface area contributed by atoms with Crippen LogP contribution in [0.3, 0.4) is 0 Å². The van der Waals surface area contributed by atoms with Crippen LogP contribution in [-0.4, -0.2) is 31.4 Å². The zero-order valence-electron chi connectivity index (χ0n) is 8.92. The smallest absolute Gasteiger partial charge is 0.185 e. The van der Waals surface area contributed by atoms with Gasteiger partial charge in [0, 0.05) is 6.54 Å². The molecule has 0 saturated carbocycles. The molecule has 0 saturated heterocycles. The minimum absolute atomic E-state index is 0.0331. The van der Waals surface area contributed by atoms with Gasteiger partial charge in [0.25, 0.3) is 0 Å². The summed E-state index contributed by atoms with van der Waals surface area (Å²) >= 11 is 0. The summed E-state index contributed by atoms with van der Waals surface area (Å²) in [6, 6.07) is -0.0331. The standard InChI is InChI=1S/C9H20N4O/c1-7(14)8(12-2)5-3-4-6-13-9(10)11/h8,12H,3-6H2,1-2H3,(H4,10,11,13). The lowest BCUT2D eigenvalue weighted by atomic mass is 10.1. The number of unbranched alkanes of at least 4 members (excludes halogenated alkanes) is 1. The van der Waals surface area contributed by atoms with Gasteiger partial charge in [-0.2, -0.15) is 0 Å². The van der Waals surface area contributed by atoms with E-state index in [1.165, 1.54) is 0 Å². The van der Waals surface area contributed by atoms with Gasteiger partial charge in [-0.3, -0.25) is 9.79 Å². The Morgan fingerprint density at radius 1 is 1.43 bits per heavy atom. The number of likely N-dealkylation sites (N-methyl/N-ethyl adjacent to an activating group) is 1. The number of nitrogens with two attached hydrogens (primary N) is 2. The Morgan fingerprint density at radius 2 is 2.07 bits per heavy atom. The van der Waals surface area contributed by atoms with Crippen LogP contribution < -0.4 is 16.8 Å². The molecule has 14 heavy (non-hydrogen) atoms. The average Bonchev–Trinajstić information content (AvgIpc) is 2.10. The van der Waals surface area contributed by atoms with E-state index in [-0.39, 0.29) is 17.8 Å². The Morgan fingerprint density at radius 3 is 2.50 bits per heavy atom. The van der Waals surface area contributed by atoms with Crippen molar-refractivity contribution in [3.8, 4) is 0 Å². The lowest BCUT2D eigenvalue weighted by molar-refractivity contribution is -0.119. The largest absolute Gasteiger partial charge is 0.370 e. The Balaban J connectivity index is 3.52. The van der Waals surface area contributed by atoms with Crippen LogP contribution in [0.5, 0.6) is 0 Å². The van der Waals surface area contributed by atoms with Crippen molar-refractivity contribution in [2.75, 3.05) is 13.6 Å². The van der Waals surface area contributed by atoms with Crippen molar-refractivity contribution in [2.24, 2.45) is 16.5 Å². The van der Waals surface area contributed by atoms with Crippen molar-refractivity contribution in [1.82, 2.24) is 5.32 Å². The number of rotatable bonds is 7. The normalized spacial score (nSPS) is 12.1. The molecule has 1 atom stereocenters. The van der Waals surface area contributed by atoms with Gasteiger partial charge in [-0.25, -0.2) is 0 Å². The Labute approximate surface area is 84.9 Å². The van der Waals surface area contributed by atoms with E-state index in [1.54, 1.807) is 14.0 Å². The predicted molar refractivity (Wildman–Crippen MR) is 58.1 cm³/mol. The van der Waals surface area contributed by atoms with Crippen LogP contribution in [-0.2, 0) is 4.79 Å². The molecular formula is C9H20N4O. The lowest BCUT2D eigenvalue weighted by Gasteiger charge is -2.11. The molecule has 5 heteroatoms. The number of guanidine groups is 1. The lowest BCUT2D eigenvalue weighted by Crippen LogP contribution is -2.32. The molecule has 0 aliphatic carbocycles. The molecule has 1 unspecified atom stereocenters. The molecule has 5 N–H and O–H groups in total. The van der Waals surface area contributed by atoms with Crippen LogP contribution in [0.1, 0.15) is 26.2 Å². The van der Waals surface area contributed by atoms with Crippen LogP contribution in [0.4, 0.5) is 0 Å². The monoisotopic (exact) mass is 200 g/mol. The average molecular weight is 200 g/mol. The maximum atomic E-state index is 11.0. The van der Waals surface area contributed by atoms with Crippen LogP contribution in [0.25, 0.3) is 0 Å². The number of nitrogens with one attached hydrogen (secondary N) is 1. The second-order valence-electron chi connectivity index (χ2n) is 3.25. The maximum absolute atomic E-state index is 11.0. The van der Waals surface area contributed by atoms with Crippen molar-refractivity contribution < 1.29 is 4.79 Å². The van der Waals surface area contributed by atoms with Crippen molar-refractivity contribution in [3.63, 3.8) is 0 Å². The second kappa shape index (κ2) is 7.32. The van der Waals surface area contributed by atoms with E-state index in [4.69, 9.17) is 11.5 Å².